The molecule has 2 aliphatic heterocycles. The van der Waals surface area contributed by atoms with Gasteiger partial charge in [0.05, 0.1) is 36.0 Å². The van der Waals surface area contributed by atoms with Gasteiger partial charge in [-0.15, -0.1) is 0 Å². The summed E-state index contributed by atoms with van der Waals surface area (Å²) in [6, 6.07) is 10.1. The third kappa shape index (κ3) is 3.31. The number of nitrogens with zero attached hydrogens (tertiary/aromatic N) is 2. The van der Waals surface area contributed by atoms with E-state index in [4.69, 9.17) is 37.7 Å². The van der Waals surface area contributed by atoms with Crippen molar-refractivity contribution in [2.75, 3.05) is 34.4 Å². The highest BCUT2D eigenvalue weighted by molar-refractivity contribution is 6.42. The largest absolute Gasteiger partial charge is 0.493 e. The summed E-state index contributed by atoms with van der Waals surface area (Å²) in [5.74, 6) is 1.79. The molecule has 1 saturated heterocycles. The summed E-state index contributed by atoms with van der Waals surface area (Å²) in [7, 11) is 5.49. The first-order valence-corrected chi connectivity index (χ1v) is 9.75. The van der Waals surface area contributed by atoms with Crippen LogP contribution in [0.25, 0.3) is 0 Å². The second-order valence-corrected chi connectivity index (χ2v) is 7.94. The van der Waals surface area contributed by atoms with Crippen molar-refractivity contribution in [3.63, 3.8) is 0 Å². The number of methoxy groups -OCH3 is 2. The Morgan fingerprint density at radius 2 is 1.78 bits per heavy atom. The summed E-state index contributed by atoms with van der Waals surface area (Å²) in [6.45, 7) is 2.02. The van der Waals surface area contributed by atoms with Gasteiger partial charge in [0.2, 0.25) is 0 Å². The lowest BCUT2D eigenvalue weighted by molar-refractivity contribution is 0.227. The van der Waals surface area contributed by atoms with Gasteiger partial charge >= 0.3 is 0 Å². The van der Waals surface area contributed by atoms with E-state index in [0.29, 0.717) is 21.7 Å². The minimum atomic E-state index is 0.247. The summed E-state index contributed by atoms with van der Waals surface area (Å²) in [4.78, 5) is 7.51. The van der Waals surface area contributed by atoms with Gasteiger partial charge in [0.15, 0.2) is 11.5 Å². The van der Waals surface area contributed by atoms with Crippen molar-refractivity contribution in [2.24, 2.45) is 4.99 Å². The van der Waals surface area contributed by atoms with E-state index in [2.05, 4.69) is 18.0 Å². The van der Waals surface area contributed by atoms with Gasteiger partial charge < -0.3 is 14.4 Å². The van der Waals surface area contributed by atoms with Crippen LogP contribution in [-0.2, 0) is 0 Å². The fraction of sp³-hybridized carbons (Fsp3) is 0.381. The maximum Gasteiger partial charge on any atom is 0.161 e. The van der Waals surface area contributed by atoms with E-state index < -0.39 is 0 Å². The summed E-state index contributed by atoms with van der Waals surface area (Å²) >= 11 is 12.4. The lowest BCUT2D eigenvalue weighted by Crippen LogP contribution is -2.41. The summed E-state index contributed by atoms with van der Waals surface area (Å²) < 4.78 is 11.1. The fourth-order valence-electron chi connectivity index (χ4n) is 4.08. The molecule has 0 aromatic heterocycles. The number of ether oxygens (including phenoxy) is 2. The van der Waals surface area contributed by atoms with Crippen molar-refractivity contribution >= 4 is 28.9 Å². The smallest absolute Gasteiger partial charge is 0.161 e. The van der Waals surface area contributed by atoms with Crippen LogP contribution in [0.15, 0.2) is 35.3 Å². The molecule has 0 radical (unpaired) electrons. The zero-order chi connectivity index (χ0) is 19.1. The molecule has 0 amide bonds. The highest BCUT2D eigenvalue weighted by atomic mass is 35.5. The van der Waals surface area contributed by atoms with Gasteiger partial charge in [-0.3, -0.25) is 4.99 Å². The number of hydrogen-bond donors (Lipinski definition) is 0. The normalized spacial score (nSPS) is 21.9. The van der Waals surface area contributed by atoms with Crippen LogP contribution in [0, 0.1) is 0 Å². The van der Waals surface area contributed by atoms with Gasteiger partial charge in [-0.05, 0) is 49.8 Å². The fourth-order valence-corrected chi connectivity index (χ4v) is 4.38. The minimum absolute atomic E-state index is 0.247. The van der Waals surface area contributed by atoms with Gasteiger partial charge in [0, 0.05) is 23.6 Å². The highest BCUT2D eigenvalue weighted by Crippen LogP contribution is 2.42. The third-order valence-electron chi connectivity index (χ3n) is 5.48. The zero-order valence-electron chi connectivity index (χ0n) is 15.6. The molecule has 27 heavy (non-hydrogen) atoms. The molecule has 1 fully saturated rings. The van der Waals surface area contributed by atoms with Crippen LogP contribution in [0.4, 0.5) is 0 Å². The number of halogens is 2. The number of benzene rings is 2. The van der Waals surface area contributed by atoms with Gasteiger partial charge in [0.25, 0.3) is 0 Å². The number of fused-ring (bicyclic) bond motifs is 3. The van der Waals surface area contributed by atoms with Crippen LogP contribution in [0.2, 0.25) is 10.0 Å². The molecule has 142 valence electrons. The van der Waals surface area contributed by atoms with Crippen molar-refractivity contribution in [3.05, 3.63) is 57.1 Å². The maximum atomic E-state index is 6.28. The molecule has 0 spiro atoms. The Morgan fingerprint density at radius 1 is 1.04 bits per heavy atom. The summed E-state index contributed by atoms with van der Waals surface area (Å²) in [6.07, 6.45) is 1.03. The predicted octanol–water partition coefficient (Wildman–Crippen LogP) is 4.65. The van der Waals surface area contributed by atoms with Gasteiger partial charge in [0.1, 0.15) is 0 Å². The Bertz CT molecular complexity index is 913. The van der Waals surface area contributed by atoms with E-state index >= 15 is 0 Å². The topological polar surface area (TPSA) is 34.1 Å². The van der Waals surface area contributed by atoms with Crippen molar-refractivity contribution in [1.82, 2.24) is 4.90 Å². The molecular formula is C21H22Cl2N2O2. The van der Waals surface area contributed by atoms with Gasteiger partial charge in [-0.1, -0.05) is 29.3 Å². The van der Waals surface area contributed by atoms with Gasteiger partial charge in [-0.2, -0.15) is 0 Å². The molecule has 0 saturated carbocycles. The molecule has 2 heterocycles. The first-order chi connectivity index (χ1) is 13.0. The molecule has 6 heteroatoms. The summed E-state index contributed by atoms with van der Waals surface area (Å²) in [5, 5.41) is 1.07. The van der Waals surface area contributed by atoms with E-state index in [9.17, 15) is 0 Å². The van der Waals surface area contributed by atoms with Crippen molar-refractivity contribution in [1.29, 1.82) is 0 Å². The van der Waals surface area contributed by atoms with Crippen LogP contribution in [0.1, 0.15) is 29.0 Å². The van der Waals surface area contributed by atoms with Crippen LogP contribution >= 0.6 is 23.2 Å². The molecule has 2 aliphatic rings. The second-order valence-electron chi connectivity index (χ2n) is 7.13. The van der Waals surface area contributed by atoms with Crippen LogP contribution < -0.4 is 9.47 Å². The Morgan fingerprint density at radius 3 is 2.48 bits per heavy atom. The molecular weight excluding hydrogens is 383 g/mol. The third-order valence-corrected chi connectivity index (χ3v) is 6.22. The van der Waals surface area contributed by atoms with Crippen molar-refractivity contribution in [2.45, 2.75) is 18.4 Å². The van der Waals surface area contributed by atoms with Crippen molar-refractivity contribution in [3.8, 4) is 11.5 Å². The number of likely N-dealkylation sites (N-methyl/N-ethyl adjacent to an activating group) is 1. The molecule has 2 atom stereocenters. The number of piperidine rings is 1. The Kier molecular flexibility index (Phi) is 5.06. The van der Waals surface area contributed by atoms with Crippen molar-refractivity contribution < 1.29 is 9.47 Å². The quantitative estimate of drug-likeness (QED) is 0.746. The molecule has 2 unspecified atom stereocenters. The van der Waals surface area contributed by atoms with Crippen LogP contribution in [0.5, 0.6) is 11.5 Å². The first-order valence-electron chi connectivity index (χ1n) is 9.00. The average Bonchev–Trinajstić information content (AvgIpc) is 2.68. The van der Waals surface area contributed by atoms with Crippen LogP contribution in [0.3, 0.4) is 0 Å². The lowest BCUT2D eigenvalue weighted by atomic mass is 9.79. The molecule has 0 N–H and O–H groups in total. The number of likely N-dealkylation sites (tertiary alicyclic amines) is 1. The Hall–Kier alpha value is -1.75. The average molecular weight is 405 g/mol. The highest BCUT2D eigenvalue weighted by Gasteiger charge is 2.36. The molecule has 4 rings (SSSR count). The maximum absolute atomic E-state index is 6.28. The summed E-state index contributed by atoms with van der Waals surface area (Å²) in [5.41, 5.74) is 4.23. The van der Waals surface area contributed by atoms with E-state index in [0.717, 1.165) is 42.1 Å². The molecule has 0 bridgehead atoms. The monoisotopic (exact) mass is 404 g/mol. The molecule has 2 aromatic carbocycles. The lowest BCUT2D eigenvalue weighted by Gasteiger charge is -2.39. The van der Waals surface area contributed by atoms with Crippen LogP contribution in [-0.4, -0.2) is 51.0 Å². The van der Waals surface area contributed by atoms with E-state index in [1.807, 2.05) is 24.3 Å². The first kappa shape index (κ1) is 18.6. The number of hydrogen-bond acceptors (Lipinski definition) is 4. The Balaban J connectivity index is 1.91. The van der Waals surface area contributed by atoms with E-state index in [-0.39, 0.29) is 6.04 Å². The minimum Gasteiger partial charge on any atom is -0.493 e. The molecule has 2 aromatic rings. The molecule has 0 aliphatic carbocycles. The second kappa shape index (κ2) is 7.34. The zero-order valence-corrected chi connectivity index (χ0v) is 17.1. The molecule has 4 nitrogen and oxygen atoms in total. The van der Waals surface area contributed by atoms with E-state index in [1.54, 1.807) is 14.2 Å². The van der Waals surface area contributed by atoms with E-state index in [1.165, 1.54) is 5.56 Å². The SMILES string of the molecule is COc1cc2c(cc1OC)C1CN(C)CCC1N=C2c1ccc(Cl)c(Cl)c1. The standard InChI is InChI=1S/C21H22Cl2N2O2/c1-25-7-6-18-15(11-25)13-9-19(26-2)20(27-3)10-14(13)21(24-18)12-4-5-16(22)17(23)8-12/h4-5,8-10,15,18H,6-7,11H2,1-3H3. The number of rotatable bonds is 3. The predicted molar refractivity (Wildman–Crippen MR) is 110 cm³/mol. The van der Waals surface area contributed by atoms with Gasteiger partial charge in [-0.25, -0.2) is 0 Å². The number of aliphatic imine (C=N–C) groups is 1. The Labute approximate surface area is 169 Å².